The molecule has 3 aromatic carbocycles. The molecule has 0 saturated carbocycles. The standard InChI is InChI=1S/C40H42N8O6/c1-39(2,3)19-33(49)28-12-7-25(8-13-28)21-47-32-17-27(11-16-34(32)53-23-35(47)50)20-41-37(51)31-18-30(42-24-43-31)36-44-46-48(45-36)22-26-9-14-29(15-10-26)38(52)54-40(4,5)6/h7-18,24H,19-23H2,1-6H3,(H,41,51). The molecule has 1 aliphatic heterocycles. The Morgan fingerprint density at radius 3 is 2.19 bits per heavy atom. The number of amides is 2. The van der Waals surface area contributed by atoms with Gasteiger partial charge in [-0.05, 0) is 78.4 Å². The number of aromatic nitrogens is 6. The molecule has 0 saturated heterocycles. The van der Waals surface area contributed by atoms with Gasteiger partial charge in [0.1, 0.15) is 29.1 Å². The summed E-state index contributed by atoms with van der Waals surface area (Å²) in [6, 6.07) is 21.2. The van der Waals surface area contributed by atoms with Crippen molar-refractivity contribution < 1.29 is 28.7 Å². The first kappa shape index (κ1) is 37.4. The summed E-state index contributed by atoms with van der Waals surface area (Å²) in [7, 11) is 0. The Morgan fingerprint density at radius 1 is 0.833 bits per heavy atom. The van der Waals surface area contributed by atoms with Gasteiger partial charge in [-0.25, -0.2) is 14.8 Å². The number of ether oxygens (including phenoxy) is 2. The zero-order valence-electron chi connectivity index (χ0n) is 31.1. The van der Waals surface area contributed by atoms with E-state index in [1.807, 2.05) is 65.8 Å². The van der Waals surface area contributed by atoms with Gasteiger partial charge < -0.3 is 19.7 Å². The van der Waals surface area contributed by atoms with E-state index in [9.17, 15) is 19.2 Å². The summed E-state index contributed by atoms with van der Waals surface area (Å²) in [5.41, 5.74) is 3.83. The van der Waals surface area contributed by atoms with Crippen molar-refractivity contribution in [3.05, 3.63) is 113 Å². The molecule has 278 valence electrons. The van der Waals surface area contributed by atoms with Gasteiger partial charge >= 0.3 is 5.97 Å². The Balaban J connectivity index is 1.08. The molecule has 0 bridgehead atoms. The summed E-state index contributed by atoms with van der Waals surface area (Å²) in [6.45, 7) is 12.2. The van der Waals surface area contributed by atoms with E-state index in [0.717, 1.165) is 16.7 Å². The molecule has 3 heterocycles. The fourth-order valence-corrected chi connectivity index (χ4v) is 5.63. The van der Waals surface area contributed by atoms with E-state index in [-0.39, 0.29) is 41.8 Å². The van der Waals surface area contributed by atoms with E-state index in [1.165, 1.54) is 17.2 Å². The van der Waals surface area contributed by atoms with Gasteiger partial charge in [-0.1, -0.05) is 63.2 Å². The Bertz CT molecular complexity index is 2180. The van der Waals surface area contributed by atoms with E-state index >= 15 is 0 Å². The van der Waals surface area contributed by atoms with E-state index in [2.05, 4.69) is 30.7 Å². The maximum absolute atomic E-state index is 13.2. The molecule has 2 amide bonds. The molecule has 6 rings (SSSR count). The molecule has 0 spiro atoms. The van der Waals surface area contributed by atoms with Crippen molar-refractivity contribution in [2.75, 3.05) is 11.5 Å². The van der Waals surface area contributed by atoms with Crippen LogP contribution in [-0.4, -0.2) is 66.0 Å². The molecule has 0 fully saturated rings. The highest BCUT2D eigenvalue weighted by Gasteiger charge is 2.27. The van der Waals surface area contributed by atoms with Gasteiger partial charge in [0, 0.05) is 18.5 Å². The first-order chi connectivity index (χ1) is 25.6. The zero-order valence-corrected chi connectivity index (χ0v) is 31.1. The highest BCUT2D eigenvalue weighted by atomic mass is 16.6. The van der Waals surface area contributed by atoms with Crippen LogP contribution in [0.4, 0.5) is 5.69 Å². The number of carbonyl (C=O) groups excluding carboxylic acids is 4. The predicted octanol–water partition coefficient (Wildman–Crippen LogP) is 5.61. The smallest absolute Gasteiger partial charge is 0.338 e. The molecule has 1 aliphatic rings. The minimum atomic E-state index is -0.590. The molecule has 0 unspecified atom stereocenters. The van der Waals surface area contributed by atoms with E-state index in [1.54, 1.807) is 47.4 Å². The molecule has 2 aromatic heterocycles. The average Bonchev–Trinajstić information content (AvgIpc) is 3.59. The van der Waals surface area contributed by atoms with E-state index in [0.29, 0.717) is 47.8 Å². The first-order valence-electron chi connectivity index (χ1n) is 17.5. The second kappa shape index (κ2) is 15.3. The van der Waals surface area contributed by atoms with Crippen LogP contribution in [0.3, 0.4) is 0 Å². The Labute approximate surface area is 312 Å². The molecule has 14 heteroatoms. The number of Topliss-reactive ketones (excluding diaryl/α,β-unsaturated/α-hetero) is 1. The Morgan fingerprint density at radius 2 is 1.50 bits per heavy atom. The summed E-state index contributed by atoms with van der Waals surface area (Å²) < 4.78 is 11.1. The molecule has 0 aliphatic carbocycles. The Hall–Kier alpha value is -6.31. The number of hydrogen-bond acceptors (Lipinski definition) is 11. The minimum Gasteiger partial charge on any atom is -0.482 e. The monoisotopic (exact) mass is 730 g/mol. The largest absolute Gasteiger partial charge is 0.482 e. The lowest BCUT2D eigenvalue weighted by atomic mass is 9.88. The molecule has 5 aromatic rings. The first-order valence-corrected chi connectivity index (χ1v) is 17.5. The lowest BCUT2D eigenvalue weighted by molar-refractivity contribution is -0.121. The van der Waals surface area contributed by atoms with Crippen molar-refractivity contribution in [2.45, 2.75) is 73.2 Å². The number of nitrogens with one attached hydrogen (secondary N) is 1. The fourth-order valence-electron chi connectivity index (χ4n) is 5.63. The quantitative estimate of drug-likeness (QED) is 0.132. The molecule has 0 radical (unpaired) electrons. The maximum atomic E-state index is 13.2. The number of fused-ring (bicyclic) bond motifs is 1. The van der Waals surface area contributed by atoms with Gasteiger partial charge in [-0.2, -0.15) is 4.80 Å². The van der Waals surface area contributed by atoms with Crippen LogP contribution in [0.15, 0.2) is 79.1 Å². The number of nitrogens with zero attached hydrogens (tertiary/aromatic N) is 7. The topological polar surface area (TPSA) is 171 Å². The van der Waals surface area contributed by atoms with Gasteiger partial charge in [0.05, 0.1) is 24.3 Å². The second-order valence-electron chi connectivity index (χ2n) is 15.2. The van der Waals surface area contributed by atoms with E-state index < -0.39 is 17.5 Å². The van der Waals surface area contributed by atoms with Gasteiger partial charge in [-0.15, -0.1) is 10.2 Å². The average molecular weight is 731 g/mol. The summed E-state index contributed by atoms with van der Waals surface area (Å²) in [6.07, 6.45) is 1.70. The van der Waals surface area contributed by atoms with Crippen molar-refractivity contribution in [3.8, 4) is 17.3 Å². The van der Waals surface area contributed by atoms with E-state index in [4.69, 9.17) is 9.47 Å². The SMILES string of the molecule is CC(C)(C)CC(=O)c1ccc(CN2C(=O)COc3ccc(CNC(=O)c4cc(-c5nnn(Cc6ccc(C(=O)OC(C)(C)C)cc6)n5)ncn4)cc32)cc1. The third-order valence-corrected chi connectivity index (χ3v) is 8.22. The summed E-state index contributed by atoms with van der Waals surface area (Å²) >= 11 is 0. The number of hydrogen-bond donors (Lipinski definition) is 1. The number of rotatable bonds is 11. The van der Waals surface area contributed by atoms with Crippen LogP contribution in [0.5, 0.6) is 5.75 Å². The zero-order chi connectivity index (χ0) is 38.6. The number of carbonyl (C=O) groups is 4. The van der Waals surface area contributed by atoms with Crippen LogP contribution in [0, 0.1) is 5.41 Å². The number of tetrazole rings is 1. The maximum Gasteiger partial charge on any atom is 0.338 e. The lowest BCUT2D eigenvalue weighted by Crippen LogP contribution is -2.38. The number of ketones is 1. The predicted molar refractivity (Wildman–Crippen MR) is 199 cm³/mol. The molecule has 54 heavy (non-hydrogen) atoms. The van der Waals surface area contributed by atoms with Crippen LogP contribution < -0.4 is 15.0 Å². The summed E-state index contributed by atoms with van der Waals surface area (Å²) in [5.74, 6) is -0.207. The molecule has 0 atom stereocenters. The van der Waals surface area contributed by atoms with Crippen LogP contribution in [-0.2, 0) is 29.2 Å². The molecule has 1 N–H and O–H groups in total. The molecular weight excluding hydrogens is 688 g/mol. The third kappa shape index (κ3) is 9.56. The van der Waals surface area contributed by atoms with Gasteiger partial charge in [-0.3, -0.25) is 14.4 Å². The van der Waals surface area contributed by atoms with Crippen LogP contribution in [0.25, 0.3) is 11.5 Å². The summed E-state index contributed by atoms with van der Waals surface area (Å²) in [4.78, 5) is 62.6. The normalized spacial score (nSPS) is 12.9. The number of benzene rings is 3. The highest BCUT2D eigenvalue weighted by Crippen LogP contribution is 2.34. The van der Waals surface area contributed by atoms with Crippen molar-refractivity contribution in [2.24, 2.45) is 5.41 Å². The van der Waals surface area contributed by atoms with Gasteiger partial charge in [0.2, 0.25) is 5.82 Å². The van der Waals surface area contributed by atoms with Gasteiger partial charge in [0.15, 0.2) is 12.4 Å². The number of esters is 1. The van der Waals surface area contributed by atoms with Crippen molar-refractivity contribution in [3.63, 3.8) is 0 Å². The van der Waals surface area contributed by atoms with Crippen molar-refractivity contribution in [1.29, 1.82) is 0 Å². The Kier molecular flexibility index (Phi) is 10.6. The lowest BCUT2D eigenvalue weighted by Gasteiger charge is -2.30. The van der Waals surface area contributed by atoms with Crippen LogP contribution in [0.2, 0.25) is 0 Å². The van der Waals surface area contributed by atoms with Crippen molar-refractivity contribution >= 4 is 29.3 Å². The third-order valence-electron chi connectivity index (χ3n) is 8.22. The fraction of sp³-hybridized carbons (Fsp3) is 0.325. The minimum absolute atomic E-state index is 0.0772. The van der Waals surface area contributed by atoms with Crippen LogP contribution >= 0.6 is 0 Å². The highest BCUT2D eigenvalue weighted by molar-refractivity contribution is 5.98. The summed E-state index contributed by atoms with van der Waals surface area (Å²) in [5, 5.41) is 15.5. The molecule has 14 nitrogen and oxygen atoms in total. The van der Waals surface area contributed by atoms with Gasteiger partial charge in [0.25, 0.3) is 11.8 Å². The van der Waals surface area contributed by atoms with Crippen molar-refractivity contribution in [1.82, 2.24) is 35.5 Å². The van der Waals surface area contributed by atoms with Crippen LogP contribution in [0.1, 0.15) is 95.9 Å². The molecular formula is C40H42N8O6. The number of anilines is 1. The second-order valence-corrected chi connectivity index (χ2v) is 15.2.